The minimum absolute atomic E-state index is 0.150. The topological polar surface area (TPSA) is 47.6 Å². The number of hydrogen-bond donors (Lipinski definition) is 1. The van der Waals surface area contributed by atoms with E-state index < -0.39 is 0 Å². The molecule has 0 bridgehead atoms. The van der Waals surface area contributed by atoms with Gasteiger partial charge in [0.2, 0.25) is 5.91 Å². The molecule has 0 spiro atoms. The van der Waals surface area contributed by atoms with Crippen LogP contribution in [0.25, 0.3) is 0 Å². The number of nitrogens with one attached hydrogen (secondary N) is 1. The van der Waals surface area contributed by atoms with Gasteiger partial charge >= 0.3 is 0 Å². The Bertz CT molecular complexity index is 472. The summed E-state index contributed by atoms with van der Waals surface area (Å²) in [6.45, 7) is 0.588. The Morgan fingerprint density at radius 2 is 2.11 bits per heavy atom. The van der Waals surface area contributed by atoms with Crippen LogP contribution in [0.15, 0.2) is 12.1 Å². The zero-order valence-electron chi connectivity index (χ0n) is 11.2. The maximum absolute atomic E-state index is 11.5. The smallest absolute Gasteiger partial charge is 0.223 e. The molecule has 1 N–H and O–H groups in total. The highest BCUT2D eigenvalue weighted by Gasteiger charge is 2.29. The summed E-state index contributed by atoms with van der Waals surface area (Å²) < 4.78 is 10.4. The van der Waals surface area contributed by atoms with Gasteiger partial charge < -0.3 is 14.8 Å². The summed E-state index contributed by atoms with van der Waals surface area (Å²) in [4.78, 5) is 11.5. The quantitative estimate of drug-likeness (QED) is 0.872. The van der Waals surface area contributed by atoms with Crippen molar-refractivity contribution in [3.63, 3.8) is 0 Å². The van der Waals surface area contributed by atoms with Crippen molar-refractivity contribution in [1.29, 1.82) is 0 Å². The molecule has 1 aliphatic carbocycles. The van der Waals surface area contributed by atoms with Gasteiger partial charge in [-0.15, -0.1) is 0 Å². The Morgan fingerprint density at radius 3 is 2.68 bits per heavy atom. The van der Waals surface area contributed by atoms with Crippen molar-refractivity contribution in [3.05, 3.63) is 22.7 Å². The highest BCUT2D eigenvalue weighted by molar-refractivity contribution is 6.33. The zero-order chi connectivity index (χ0) is 13.8. The van der Waals surface area contributed by atoms with Crippen molar-refractivity contribution in [1.82, 2.24) is 5.32 Å². The van der Waals surface area contributed by atoms with E-state index in [0.717, 1.165) is 18.4 Å². The van der Waals surface area contributed by atoms with Crippen LogP contribution >= 0.6 is 11.6 Å². The zero-order valence-corrected chi connectivity index (χ0v) is 11.9. The largest absolute Gasteiger partial charge is 0.493 e. The highest BCUT2D eigenvalue weighted by Crippen LogP contribution is 2.37. The van der Waals surface area contributed by atoms with Crippen LogP contribution in [-0.4, -0.2) is 26.7 Å². The second kappa shape index (κ2) is 6.15. The molecule has 19 heavy (non-hydrogen) atoms. The van der Waals surface area contributed by atoms with Gasteiger partial charge in [-0.3, -0.25) is 4.79 Å². The summed E-state index contributed by atoms with van der Waals surface area (Å²) in [6.07, 6.45) is 2.71. The third kappa shape index (κ3) is 3.32. The number of ether oxygens (including phenoxy) is 2. The molecule has 1 amide bonds. The van der Waals surface area contributed by atoms with Gasteiger partial charge in [0.05, 0.1) is 19.2 Å². The summed E-state index contributed by atoms with van der Waals surface area (Å²) in [5.74, 6) is 1.53. The second-order valence-electron chi connectivity index (χ2n) is 4.59. The van der Waals surface area contributed by atoms with Crippen LogP contribution in [0.1, 0.15) is 18.4 Å². The fourth-order valence-corrected chi connectivity index (χ4v) is 2.26. The molecule has 0 saturated heterocycles. The Hall–Kier alpha value is -1.42. The van der Waals surface area contributed by atoms with Crippen LogP contribution < -0.4 is 14.8 Å². The lowest BCUT2D eigenvalue weighted by molar-refractivity contribution is -0.122. The maximum Gasteiger partial charge on any atom is 0.223 e. The van der Waals surface area contributed by atoms with E-state index in [1.165, 1.54) is 0 Å². The minimum atomic E-state index is 0.150. The molecule has 0 heterocycles. The van der Waals surface area contributed by atoms with Crippen molar-refractivity contribution in [2.24, 2.45) is 5.92 Å². The van der Waals surface area contributed by atoms with Crippen LogP contribution in [0.5, 0.6) is 11.5 Å². The van der Waals surface area contributed by atoms with Crippen molar-refractivity contribution < 1.29 is 14.3 Å². The molecule has 1 aromatic rings. The van der Waals surface area contributed by atoms with Crippen LogP contribution in [0.2, 0.25) is 5.02 Å². The van der Waals surface area contributed by atoms with Gasteiger partial charge in [0.25, 0.3) is 0 Å². The van der Waals surface area contributed by atoms with E-state index in [4.69, 9.17) is 21.1 Å². The molecule has 1 saturated carbocycles. The van der Waals surface area contributed by atoms with Gasteiger partial charge in [-0.2, -0.15) is 0 Å². The van der Waals surface area contributed by atoms with Crippen molar-refractivity contribution in [2.45, 2.75) is 19.3 Å². The lowest BCUT2D eigenvalue weighted by atomic mass is 10.1. The number of benzene rings is 1. The first-order valence-corrected chi connectivity index (χ1v) is 6.72. The normalized spacial score (nSPS) is 14.1. The molecule has 0 radical (unpaired) electrons. The number of amides is 1. The molecule has 5 heteroatoms. The molecule has 0 aromatic heterocycles. The fourth-order valence-electron chi connectivity index (χ4n) is 1.93. The van der Waals surface area contributed by atoms with Crippen molar-refractivity contribution in [3.8, 4) is 11.5 Å². The standard InChI is InChI=1S/C14H18ClNO3/c1-18-11-6-5-9(12(15)13(11)19-2)7-8-16-14(17)10-3-4-10/h5-6,10H,3-4,7-8H2,1-2H3,(H,16,17). The molecule has 1 aliphatic rings. The first-order chi connectivity index (χ1) is 9.17. The molecule has 1 aromatic carbocycles. The summed E-state index contributed by atoms with van der Waals surface area (Å²) in [5.41, 5.74) is 0.940. The molecule has 4 nitrogen and oxygen atoms in total. The summed E-state index contributed by atoms with van der Waals surface area (Å²) in [7, 11) is 3.13. The number of halogens is 1. The minimum Gasteiger partial charge on any atom is -0.493 e. The van der Waals surface area contributed by atoms with E-state index >= 15 is 0 Å². The van der Waals surface area contributed by atoms with Crippen LogP contribution in [0, 0.1) is 5.92 Å². The number of hydrogen-bond acceptors (Lipinski definition) is 3. The Balaban J connectivity index is 1.97. The van der Waals surface area contributed by atoms with Gasteiger partial charge in [0.1, 0.15) is 0 Å². The van der Waals surface area contributed by atoms with E-state index in [1.807, 2.05) is 12.1 Å². The van der Waals surface area contributed by atoms with E-state index in [1.54, 1.807) is 14.2 Å². The van der Waals surface area contributed by atoms with Gasteiger partial charge in [0, 0.05) is 12.5 Å². The third-order valence-electron chi connectivity index (χ3n) is 3.21. The average molecular weight is 284 g/mol. The summed E-state index contributed by atoms with van der Waals surface area (Å²) in [6, 6.07) is 3.72. The maximum atomic E-state index is 11.5. The number of carbonyl (C=O) groups excluding carboxylic acids is 1. The van der Waals surface area contributed by atoms with Crippen LogP contribution in [-0.2, 0) is 11.2 Å². The molecule has 104 valence electrons. The fraction of sp³-hybridized carbons (Fsp3) is 0.500. The Labute approximate surface area is 118 Å². The van der Waals surface area contributed by atoms with Gasteiger partial charge in [0.15, 0.2) is 11.5 Å². The highest BCUT2D eigenvalue weighted by atomic mass is 35.5. The number of methoxy groups -OCH3 is 2. The molecule has 0 aliphatic heterocycles. The van der Waals surface area contributed by atoms with Gasteiger partial charge in [-0.25, -0.2) is 0 Å². The van der Waals surface area contributed by atoms with Crippen molar-refractivity contribution >= 4 is 17.5 Å². The van der Waals surface area contributed by atoms with Crippen LogP contribution in [0.4, 0.5) is 0 Å². The molecular formula is C14H18ClNO3. The SMILES string of the molecule is COc1ccc(CCNC(=O)C2CC2)c(Cl)c1OC. The summed E-state index contributed by atoms with van der Waals surface area (Å²) in [5, 5.41) is 3.46. The molecule has 2 rings (SSSR count). The van der Waals surface area contributed by atoms with E-state index in [-0.39, 0.29) is 11.8 Å². The lowest BCUT2D eigenvalue weighted by Gasteiger charge is -2.13. The van der Waals surface area contributed by atoms with E-state index in [9.17, 15) is 4.79 Å². The predicted molar refractivity (Wildman–Crippen MR) is 74.0 cm³/mol. The first-order valence-electron chi connectivity index (χ1n) is 6.34. The summed E-state index contributed by atoms with van der Waals surface area (Å²) >= 11 is 6.27. The van der Waals surface area contributed by atoms with Gasteiger partial charge in [-0.1, -0.05) is 17.7 Å². The van der Waals surface area contributed by atoms with E-state index in [2.05, 4.69) is 5.32 Å². The molecule has 1 fully saturated rings. The number of carbonyl (C=O) groups is 1. The lowest BCUT2D eigenvalue weighted by Crippen LogP contribution is -2.27. The molecular weight excluding hydrogens is 266 g/mol. The predicted octanol–water partition coefficient (Wildman–Crippen LogP) is 2.43. The monoisotopic (exact) mass is 283 g/mol. The van der Waals surface area contributed by atoms with Crippen LogP contribution in [0.3, 0.4) is 0 Å². The molecule has 0 unspecified atom stereocenters. The number of rotatable bonds is 6. The first kappa shape index (κ1) is 14.0. The Kier molecular flexibility index (Phi) is 4.53. The average Bonchev–Trinajstić information content (AvgIpc) is 3.24. The third-order valence-corrected chi connectivity index (χ3v) is 3.62. The Morgan fingerprint density at radius 1 is 1.37 bits per heavy atom. The second-order valence-corrected chi connectivity index (χ2v) is 4.97. The van der Waals surface area contributed by atoms with E-state index in [0.29, 0.717) is 29.5 Å². The van der Waals surface area contributed by atoms with Gasteiger partial charge in [-0.05, 0) is 30.9 Å². The van der Waals surface area contributed by atoms with Crippen molar-refractivity contribution in [2.75, 3.05) is 20.8 Å². The molecule has 0 atom stereocenters.